The van der Waals surface area contributed by atoms with Gasteiger partial charge in [-0.05, 0) is 40.3 Å². The average molecular weight is 392 g/mol. The molecule has 4 aromatic rings. The summed E-state index contributed by atoms with van der Waals surface area (Å²) in [4.78, 5) is 24.0. The number of aromatic hydroxyl groups is 4. The van der Waals surface area contributed by atoms with Crippen LogP contribution >= 0.6 is 0 Å². The first kappa shape index (κ1) is 20.8. The Morgan fingerprint density at radius 3 is 1.25 bits per heavy atom. The van der Waals surface area contributed by atoms with Crippen LogP contribution in [0.15, 0.2) is 30.6 Å². The molecule has 0 saturated carbocycles. The average Bonchev–Trinajstić information content (AvgIpc) is 2.63. The van der Waals surface area contributed by atoms with Gasteiger partial charge in [-0.2, -0.15) is 0 Å². The molecular weight excluding hydrogens is 372 g/mol. The first-order chi connectivity index (χ1) is 13.2. The van der Waals surface area contributed by atoms with Gasteiger partial charge >= 0.3 is 11.3 Å². The highest BCUT2D eigenvalue weighted by Gasteiger charge is 2.24. The van der Waals surface area contributed by atoms with Crippen LogP contribution in [0.1, 0.15) is 0 Å². The molecule has 0 fully saturated rings. The van der Waals surface area contributed by atoms with Gasteiger partial charge in [-0.15, -0.1) is 0 Å². The third kappa shape index (κ3) is 3.26. The van der Waals surface area contributed by atoms with Gasteiger partial charge in [0, 0.05) is 10.8 Å². The van der Waals surface area contributed by atoms with Crippen LogP contribution in [0.25, 0.3) is 32.7 Å². The van der Waals surface area contributed by atoms with Crippen molar-refractivity contribution >= 4 is 32.7 Å². The predicted molar refractivity (Wildman–Crippen MR) is 104 cm³/mol. The van der Waals surface area contributed by atoms with Crippen molar-refractivity contribution in [2.75, 3.05) is 28.2 Å². The summed E-state index contributed by atoms with van der Waals surface area (Å²) in [5.74, 6) is -2.75. The number of nitrogens with one attached hydrogen (secondary N) is 2. The van der Waals surface area contributed by atoms with Crippen LogP contribution in [0.2, 0.25) is 0 Å². The van der Waals surface area contributed by atoms with Gasteiger partial charge in [-0.1, -0.05) is 0 Å². The van der Waals surface area contributed by atoms with E-state index in [0.717, 1.165) is 12.1 Å². The second kappa shape index (κ2) is 8.03. The first-order valence-electron chi connectivity index (χ1n) is 8.02. The fourth-order valence-corrected chi connectivity index (χ4v) is 2.58. The molecule has 0 unspecified atom stereocenters. The van der Waals surface area contributed by atoms with E-state index in [2.05, 4.69) is 10.6 Å². The molecule has 0 radical (unpaired) electrons. The second-order valence-electron chi connectivity index (χ2n) is 5.77. The van der Waals surface area contributed by atoms with Gasteiger partial charge in [0.15, 0.2) is 22.7 Å². The molecule has 2 aromatic heterocycles. The van der Waals surface area contributed by atoms with Crippen LogP contribution in [-0.2, 0) is 0 Å². The molecule has 2 aromatic carbocycles. The Bertz CT molecular complexity index is 1140. The molecular formula is C18H20N2O8. The van der Waals surface area contributed by atoms with E-state index < -0.39 is 45.4 Å². The van der Waals surface area contributed by atoms with Crippen molar-refractivity contribution in [3.8, 4) is 23.0 Å². The number of phenolic OH excluding ortho intramolecular Hbond substituents is 4. The largest absolute Gasteiger partial charge is 0.504 e. The molecule has 150 valence electrons. The molecule has 0 aliphatic carbocycles. The normalized spacial score (nSPS) is 10.6. The molecule has 0 amide bonds. The maximum atomic E-state index is 12.0. The Morgan fingerprint density at radius 2 is 0.964 bits per heavy atom. The van der Waals surface area contributed by atoms with E-state index >= 15 is 0 Å². The summed E-state index contributed by atoms with van der Waals surface area (Å²) in [6.45, 7) is 0. The Morgan fingerprint density at radius 1 is 0.679 bits per heavy atom. The quantitative estimate of drug-likeness (QED) is 0.144. The molecule has 0 aliphatic rings. The van der Waals surface area contributed by atoms with Crippen LogP contribution in [0.5, 0.6) is 23.0 Å². The van der Waals surface area contributed by atoms with Gasteiger partial charge in [-0.3, -0.25) is 0 Å². The molecule has 2 heterocycles. The summed E-state index contributed by atoms with van der Waals surface area (Å²) in [5, 5.41) is 44.2. The lowest BCUT2D eigenvalue weighted by Crippen LogP contribution is -2.06. The zero-order valence-electron chi connectivity index (χ0n) is 15.6. The molecule has 0 spiro atoms. The van der Waals surface area contributed by atoms with Crippen LogP contribution in [-0.4, -0.2) is 48.6 Å². The number of hydrogen-bond donors (Lipinski definition) is 6. The zero-order chi connectivity index (χ0) is 21.2. The number of phenols is 4. The Labute approximate surface area is 157 Å². The topological polar surface area (TPSA) is 165 Å². The minimum absolute atomic E-state index is 0.00597. The molecule has 6 N–H and O–H groups in total. The summed E-state index contributed by atoms with van der Waals surface area (Å²) < 4.78 is 9.87. The molecule has 0 bridgehead atoms. The molecule has 28 heavy (non-hydrogen) atoms. The van der Waals surface area contributed by atoms with Crippen LogP contribution in [0.3, 0.4) is 0 Å². The number of hydrogen-bond acceptors (Lipinski definition) is 10. The number of benzene rings is 2. The predicted octanol–water partition coefficient (Wildman–Crippen LogP) is 0.984. The maximum absolute atomic E-state index is 12.0. The van der Waals surface area contributed by atoms with Crippen molar-refractivity contribution in [3.05, 3.63) is 33.0 Å². The van der Waals surface area contributed by atoms with E-state index in [1.54, 1.807) is 0 Å². The third-order valence-corrected chi connectivity index (χ3v) is 3.55. The minimum Gasteiger partial charge on any atom is -0.504 e. The summed E-state index contributed by atoms with van der Waals surface area (Å²) in [6, 6.07) is 1.93. The highest BCUT2D eigenvalue weighted by molar-refractivity contribution is 6.22. The van der Waals surface area contributed by atoms with E-state index in [1.807, 2.05) is 28.2 Å². The van der Waals surface area contributed by atoms with E-state index in [1.165, 1.54) is 0 Å². The van der Waals surface area contributed by atoms with Gasteiger partial charge in [0.05, 0.1) is 10.8 Å². The molecule has 0 saturated heterocycles. The molecule has 0 aliphatic heterocycles. The van der Waals surface area contributed by atoms with Crippen molar-refractivity contribution in [1.82, 2.24) is 10.6 Å². The van der Waals surface area contributed by atoms with E-state index in [-0.39, 0.29) is 21.5 Å². The van der Waals surface area contributed by atoms with Gasteiger partial charge in [0.1, 0.15) is 0 Å². The van der Waals surface area contributed by atoms with Crippen molar-refractivity contribution < 1.29 is 29.3 Å². The van der Waals surface area contributed by atoms with Crippen molar-refractivity contribution in [2.45, 2.75) is 0 Å². The smallest absolute Gasteiger partial charge is 0.344 e. The lowest BCUT2D eigenvalue weighted by Gasteiger charge is -2.10. The molecule has 4 rings (SSSR count). The summed E-state index contributed by atoms with van der Waals surface area (Å²) in [7, 11) is 7.50. The molecule has 10 nitrogen and oxygen atoms in total. The fraction of sp³-hybridized carbons (Fsp3) is 0.222. The summed E-state index contributed by atoms with van der Waals surface area (Å²) >= 11 is 0. The molecule has 10 heteroatoms. The highest BCUT2D eigenvalue weighted by Crippen LogP contribution is 2.44. The van der Waals surface area contributed by atoms with Gasteiger partial charge in [-0.25, -0.2) is 9.59 Å². The van der Waals surface area contributed by atoms with Crippen LogP contribution in [0, 0.1) is 0 Å². The van der Waals surface area contributed by atoms with Crippen molar-refractivity contribution in [2.24, 2.45) is 0 Å². The lowest BCUT2D eigenvalue weighted by atomic mass is 10.0. The summed E-state index contributed by atoms with van der Waals surface area (Å²) in [6.07, 6.45) is 0. The Hall–Kier alpha value is -3.50. The summed E-state index contributed by atoms with van der Waals surface area (Å²) in [5.41, 5.74) is -2.70. The number of rotatable bonds is 0. The van der Waals surface area contributed by atoms with E-state index in [4.69, 9.17) is 8.83 Å². The van der Waals surface area contributed by atoms with Crippen LogP contribution < -0.4 is 21.9 Å². The highest BCUT2D eigenvalue weighted by atomic mass is 16.4. The van der Waals surface area contributed by atoms with E-state index in [0.29, 0.717) is 0 Å². The fourth-order valence-electron chi connectivity index (χ4n) is 2.58. The second-order valence-corrected chi connectivity index (χ2v) is 5.77. The molecule has 0 atom stereocenters. The standard InChI is InChI=1S/C14H6O8.2C2H7N/c15-5-1-3-7-8-4(14(20)22-11(7)9(5)17)2-6(16)10(18)12(8)21-13(3)19;2*1-3-2/h1-2,15-18H;2*3H,1-2H3. The van der Waals surface area contributed by atoms with Crippen molar-refractivity contribution in [1.29, 1.82) is 0 Å². The Kier molecular flexibility index (Phi) is 5.96. The lowest BCUT2D eigenvalue weighted by molar-refractivity contribution is 0.395. The third-order valence-electron chi connectivity index (χ3n) is 3.55. The maximum Gasteiger partial charge on any atom is 0.344 e. The van der Waals surface area contributed by atoms with E-state index in [9.17, 15) is 30.0 Å². The van der Waals surface area contributed by atoms with Gasteiger partial charge in [0.2, 0.25) is 11.5 Å². The van der Waals surface area contributed by atoms with Gasteiger partial charge in [0.25, 0.3) is 0 Å². The zero-order valence-corrected chi connectivity index (χ0v) is 15.6. The monoisotopic (exact) mass is 392 g/mol. The minimum atomic E-state index is -0.941. The van der Waals surface area contributed by atoms with Crippen LogP contribution in [0.4, 0.5) is 0 Å². The SMILES string of the molecule is CNC.CNC.O=c1oc2c(O)c(O)cc3c(=O)oc4c(O)c(O)cc1c4c23. The first-order valence-corrected chi connectivity index (χ1v) is 8.02. The van der Waals surface area contributed by atoms with Gasteiger partial charge < -0.3 is 39.9 Å². The van der Waals surface area contributed by atoms with Crippen molar-refractivity contribution in [3.63, 3.8) is 0 Å². The Balaban J connectivity index is 0.000000418.